The molecule has 0 unspecified atom stereocenters. The number of carbonyl (C=O) groups excluding carboxylic acids is 1. The summed E-state index contributed by atoms with van der Waals surface area (Å²) in [7, 11) is 0. The Morgan fingerprint density at radius 3 is 2.75 bits per heavy atom. The van der Waals surface area contributed by atoms with Crippen LogP contribution >= 0.6 is 0 Å². The quantitative estimate of drug-likeness (QED) is 0.717. The number of benzene rings is 2. The standard InChI is InChI=1S/C24H27N3O/c1-2-16-5-3-7-19-22(15-26-23(16)19)17-9-11-27(12-10-17)24(28)20-8-4-6-18-13-25-14-21(18)20/h3-8,15,17,25-26H,2,9-14H2,1H3. The molecule has 0 bridgehead atoms. The number of para-hydroxylation sites is 1. The minimum absolute atomic E-state index is 0.200. The number of piperidine rings is 1. The van der Waals surface area contributed by atoms with Crippen molar-refractivity contribution in [1.82, 2.24) is 15.2 Å². The molecule has 5 rings (SSSR count). The van der Waals surface area contributed by atoms with E-state index in [1.54, 1.807) is 0 Å². The minimum Gasteiger partial charge on any atom is -0.361 e. The number of hydrogen-bond donors (Lipinski definition) is 2. The fourth-order valence-corrected chi connectivity index (χ4v) is 4.97. The molecule has 4 heteroatoms. The first-order valence-corrected chi connectivity index (χ1v) is 10.5. The molecule has 1 aromatic heterocycles. The number of carbonyl (C=O) groups is 1. The smallest absolute Gasteiger partial charge is 0.254 e. The van der Waals surface area contributed by atoms with Gasteiger partial charge in [0.15, 0.2) is 0 Å². The third-order valence-corrected chi connectivity index (χ3v) is 6.56. The van der Waals surface area contributed by atoms with Crippen molar-refractivity contribution < 1.29 is 4.79 Å². The Bertz CT molecular complexity index is 1030. The molecule has 28 heavy (non-hydrogen) atoms. The number of hydrogen-bond acceptors (Lipinski definition) is 2. The lowest BCUT2D eigenvalue weighted by atomic mass is 9.88. The Labute approximate surface area is 165 Å². The van der Waals surface area contributed by atoms with Crippen LogP contribution in [0.4, 0.5) is 0 Å². The summed E-state index contributed by atoms with van der Waals surface area (Å²) in [4.78, 5) is 18.7. The second-order valence-corrected chi connectivity index (χ2v) is 8.05. The molecular weight excluding hydrogens is 346 g/mol. The molecule has 3 aromatic rings. The number of likely N-dealkylation sites (tertiary alicyclic amines) is 1. The van der Waals surface area contributed by atoms with Gasteiger partial charge < -0.3 is 15.2 Å². The maximum Gasteiger partial charge on any atom is 0.254 e. The first-order chi connectivity index (χ1) is 13.8. The Morgan fingerprint density at radius 1 is 1.11 bits per heavy atom. The number of aromatic amines is 1. The first-order valence-electron chi connectivity index (χ1n) is 10.5. The molecule has 144 valence electrons. The Hall–Kier alpha value is -2.59. The van der Waals surface area contributed by atoms with E-state index in [0.717, 1.165) is 51.0 Å². The molecule has 2 aliphatic heterocycles. The Kier molecular flexibility index (Phi) is 4.44. The maximum absolute atomic E-state index is 13.1. The second-order valence-electron chi connectivity index (χ2n) is 8.05. The van der Waals surface area contributed by atoms with E-state index >= 15 is 0 Å². The van der Waals surface area contributed by atoms with Gasteiger partial charge in [-0.05, 0) is 53.5 Å². The van der Waals surface area contributed by atoms with Crippen LogP contribution in [0.2, 0.25) is 0 Å². The molecule has 1 amide bonds. The summed E-state index contributed by atoms with van der Waals surface area (Å²) in [5.41, 5.74) is 7.43. The van der Waals surface area contributed by atoms with Gasteiger partial charge in [-0.2, -0.15) is 0 Å². The van der Waals surface area contributed by atoms with Crippen molar-refractivity contribution in [3.63, 3.8) is 0 Å². The topological polar surface area (TPSA) is 48.1 Å². The van der Waals surface area contributed by atoms with Crippen LogP contribution in [0.3, 0.4) is 0 Å². The Morgan fingerprint density at radius 2 is 1.93 bits per heavy atom. The van der Waals surface area contributed by atoms with Gasteiger partial charge in [0.2, 0.25) is 0 Å². The highest BCUT2D eigenvalue weighted by atomic mass is 16.2. The van der Waals surface area contributed by atoms with Gasteiger partial charge in [0.05, 0.1) is 0 Å². The zero-order valence-electron chi connectivity index (χ0n) is 16.4. The van der Waals surface area contributed by atoms with Crippen LogP contribution in [0.15, 0.2) is 42.6 Å². The zero-order chi connectivity index (χ0) is 19.1. The highest BCUT2D eigenvalue weighted by Crippen LogP contribution is 2.35. The van der Waals surface area contributed by atoms with Crippen molar-refractivity contribution in [1.29, 1.82) is 0 Å². The summed E-state index contributed by atoms with van der Waals surface area (Å²) in [6, 6.07) is 12.7. The van der Waals surface area contributed by atoms with Crippen LogP contribution in [0.5, 0.6) is 0 Å². The number of fused-ring (bicyclic) bond motifs is 2. The van der Waals surface area contributed by atoms with Crippen LogP contribution in [0.1, 0.15) is 58.3 Å². The van der Waals surface area contributed by atoms with Crippen LogP contribution in [-0.4, -0.2) is 28.9 Å². The van der Waals surface area contributed by atoms with Gasteiger partial charge in [0.1, 0.15) is 0 Å². The SMILES string of the molecule is CCc1cccc2c(C3CCN(C(=O)c4cccc5c4CNC5)CC3)c[nH]c12. The van der Waals surface area contributed by atoms with Crippen molar-refractivity contribution in [2.45, 2.75) is 45.2 Å². The van der Waals surface area contributed by atoms with Crippen molar-refractivity contribution >= 4 is 16.8 Å². The number of H-pyrrole nitrogens is 1. The molecule has 4 nitrogen and oxygen atoms in total. The fraction of sp³-hybridized carbons (Fsp3) is 0.375. The summed E-state index contributed by atoms with van der Waals surface area (Å²) in [6.45, 7) is 5.55. The van der Waals surface area contributed by atoms with Gasteiger partial charge in [-0.3, -0.25) is 4.79 Å². The van der Waals surface area contributed by atoms with Crippen molar-refractivity contribution in [2.75, 3.05) is 13.1 Å². The zero-order valence-corrected chi connectivity index (χ0v) is 16.4. The summed E-state index contributed by atoms with van der Waals surface area (Å²) < 4.78 is 0. The molecule has 2 N–H and O–H groups in total. The molecule has 0 saturated carbocycles. The highest BCUT2D eigenvalue weighted by molar-refractivity contribution is 5.96. The largest absolute Gasteiger partial charge is 0.361 e. The van der Waals surface area contributed by atoms with E-state index in [1.165, 1.54) is 33.2 Å². The summed E-state index contributed by atoms with van der Waals surface area (Å²) >= 11 is 0. The molecule has 2 aromatic carbocycles. The summed E-state index contributed by atoms with van der Waals surface area (Å²) in [6.07, 6.45) is 5.30. The third-order valence-electron chi connectivity index (χ3n) is 6.56. The lowest BCUT2D eigenvalue weighted by Gasteiger charge is -2.32. The molecule has 3 heterocycles. The molecule has 1 saturated heterocycles. The number of nitrogens with zero attached hydrogens (tertiary/aromatic N) is 1. The molecular formula is C24H27N3O. The van der Waals surface area contributed by atoms with Crippen molar-refractivity contribution in [3.05, 3.63) is 70.4 Å². The van der Waals surface area contributed by atoms with E-state index in [2.05, 4.69) is 52.6 Å². The van der Waals surface area contributed by atoms with E-state index < -0.39 is 0 Å². The van der Waals surface area contributed by atoms with E-state index in [9.17, 15) is 4.79 Å². The van der Waals surface area contributed by atoms with Gasteiger partial charge in [-0.15, -0.1) is 0 Å². The van der Waals surface area contributed by atoms with Crippen LogP contribution in [0.25, 0.3) is 10.9 Å². The van der Waals surface area contributed by atoms with Crippen molar-refractivity contribution in [3.8, 4) is 0 Å². The monoisotopic (exact) mass is 373 g/mol. The number of rotatable bonds is 3. The van der Waals surface area contributed by atoms with Crippen molar-refractivity contribution in [2.24, 2.45) is 0 Å². The lowest BCUT2D eigenvalue weighted by Crippen LogP contribution is -2.38. The Balaban J connectivity index is 1.33. The molecule has 1 fully saturated rings. The average molecular weight is 374 g/mol. The van der Waals surface area contributed by atoms with E-state index in [-0.39, 0.29) is 5.91 Å². The molecule has 0 spiro atoms. The first kappa shape index (κ1) is 17.5. The highest BCUT2D eigenvalue weighted by Gasteiger charge is 2.28. The van der Waals surface area contributed by atoms with Gasteiger partial charge >= 0.3 is 0 Å². The molecule has 2 aliphatic rings. The van der Waals surface area contributed by atoms with Gasteiger partial charge in [0, 0.05) is 48.8 Å². The van der Waals surface area contributed by atoms with Crippen LogP contribution in [0, 0.1) is 0 Å². The molecule has 0 aliphatic carbocycles. The molecule has 0 atom stereocenters. The minimum atomic E-state index is 0.200. The summed E-state index contributed by atoms with van der Waals surface area (Å²) in [5, 5.41) is 4.72. The molecule has 0 radical (unpaired) electrons. The van der Waals surface area contributed by atoms with Crippen LogP contribution < -0.4 is 5.32 Å². The van der Waals surface area contributed by atoms with Gasteiger partial charge in [0.25, 0.3) is 5.91 Å². The lowest BCUT2D eigenvalue weighted by molar-refractivity contribution is 0.0712. The average Bonchev–Trinajstić information content (AvgIpc) is 3.40. The van der Waals surface area contributed by atoms with Crippen LogP contribution in [-0.2, 0) is 19.5 Å². The fourth-order valence-electron chi connectivity index (χ4n) is 4.97. The third kappa shape index (κ3) is 2.83. The van der Waals surface area contributed by atoms with Gasteiger partial charge in [-0.25, -0.2) is 0 Å². The summed E-state index contributed by atoms with van der Waals surface area (Å²) in [5.74, 6) is 0.722. The number of nitrogens with one attached hydrogen (secondary N) is 2. The van der Waals surface area contributed by atoms with E-state index in [0.29, 0.717) is 5.92 Å². The number of amides is 1. The second kappa shape index (κ2) is 7.10. The van der Waals surface area contributed by atoms with E-state index in [4.69, 9.17) is 0 Å². The number of aryl methyl sites for hydroxylation is 1. The maximum atomic E-state index is 13.1. The van der Waals surface area contributed by atoms with Gasteiger partial charge in [-0.1, -0.05) is 37.3 Å². The normalized spacial score (nSPS) is 17.2. The number of aromatic nitrogens is 1. The predicted molar refractivity (Wildman–Crippen MR) is 113 cm³/mol. The predicted octanol–water partition coefficient (Wildman–Crippen LogP) is 4.35. The van der Waals surface area contributed by atoms with E-state index in [1.807, 2.05) is 12.1 Å².